The summed E-state index contributed by atoms with van der Waals surface area (Å²) in [5.74, 6) is 0.941. The molecule has 0 fully saturated rings. The minimum atomic E-state index is -0.318. The Balaban J connectivity index is 1.61. The first-order chi connectivity index (χ1) is 13.5. The van der Waals surface area contributed by atoms with E-state index >= 15 is 0 Å². The highest BCUT2D eigenvalue weighted by Gasteiger charge is 2.30. The van der Waals surface area contributed by atoms with Crippen molar-refractivity contribution in [1.29, 1.82) is 0 Å². The summed E-state index contributed by atoms with van der Waals surface area (Å²) < 4.78 is 25.0. The molecular weight excluding hydrogens is 381 g/mol. The summed E-state index contributed by atoms with van der Waals surface area (Å²) in [7, 11) is 1.54. The van der Waals surface area contributed by atoms with E-state index in [9.17, 15) is 9.18 Å². The number of ether oxygens (including phenoxy) is 2. The number of nitrogens with two attached hydrogens (primary N) is 1. The lowest BCUT2D eigenvalue weighted by Crippen LogP contribution is -2.22. The van der Waals surface area contributed by atoms with Gasteiger partial charge < -0.3 is 20.5 Å². The van der Waals surface area contributed by atoms with Crippen LogP contribution in [0.2, 0.25) is 0 Å². The quantitative estimate of drug-likeness (QED) is 0.679. The van der Waals surface area contributed by atoms with Crippen LogP contribution in [0.4, 0.5) is 15.3 Å². The zero-order valence-electron chi connectivity index (χ0n) is 15.1. The zero-order chi connectivity index (χ0) is 19.7. The molecule has 3 aromatic rings. The molecule has 1 atom stereocenters. The van der Waals surface area contributed by atoms with E-state index in [1.54, 1.807) is 31.4 Å². The van der Waals surface area contributed by atoms with E-state index in [2.05, 4.69) is 10.3 Å². The van der Waals surface area contributed by atoms with Gasteiger partial charge in [-0.3, -0.25) is 4.79 Å². The fourth-order valence-corrected chi connectivity index (χ4v) is 4.11. The van der Waals surface area contributed by atoms with Crippen LogP contribution in [0, 0.1) is 5.82 Å². The maximum absolute atomic E-state index is 13.8. The molecule has 8 heteroatoms. The van der Waals surface area contributed by atoms with Crippen molar-refractivity contribution in [2.45, 2.75) is 18.9 Å². The van der Waals surface area contributed by atoms with Gasteiger partial charge in [0.1, 0.15) is 18.2 Å². The third kappa shape index (κ3) is 3.50. The van der Waals surface area contributed by atoms with Gasteiger partial charge in [-0.2, -0.15) is 0 Å². The number of fused-ring (bicyclic) bond motifs is 1. The Morgan fingerprint density at radius 1 is 1.29 bits per heavy atom. The molecule has 0 saturated heterocycles. The van der Waals surface area contributed by atoms with Crippen molar-refractivity contribution >= 4 is 28.2 Å². The highest BCUT2D eigenvalue weighted by atomic mass is 32.1. The Bertz CT molecular complexity index is 1040. The van der Waals surface area contributed by atoms with Gasteiger partial charge in [-0.15, -0.1) is 0 Å². The Kier molecular flexibility index (Phi) is 4.87. The normalized spacial score (nSPS) is 15.6. The van der Waals surface area contributed by atoms with E-state index in [0.717, 1.165) is 10.4 Å². The van der Waals surface area contributed by atoms with Gasteiger partial charge in [-0.05, 0) is 23.8 Å². The van der Waals surface area contributed by atoms with E-state index < -0.39 is 0 Å². The van der Waals surface area contributed by atoms with Gasteiger partial charge in [-0.25, -0.2) is 9.37 Å². The highest BCUT2D eigenvalue weighted by molar-refractivity contribution is 7.16. The Morgan fingerprint density at radius 3 is 2.89 bits per heavy atom. The second-order valence-corrected chi connectivity index (χ2v) is 7.42. The molecule has 28 heavy (non-hydrogen) atoms. The number of carbonyl (C=O) groups is 1. The number of thiazole rings is 1. The lowest BCUT2D eigenvalue weighted by Gasteiger charge is -2.22. The minimum absolute atomic E-state index is 0.0870. The summed E-state index contributed by atoms with van der Waals surface area (Å²) >= 11 is 1.36. The highest BCUT2D eigenvalue weighted by Crippen LogP contribution is 2.43. The Hall–Kier alpha value is -3.13. The van der Waals surface area contributed by atoms with Gasteiger partial charge in [-0.1, -0.05) is 35.6 Å². The van der Waals surface area contributed by atoms with Gasteiger partial charge in [0.05, 0.1) is 12.0 Å². The molecule has 3 N–H and O–H groups in total. The number of nitrogens with one attached hydrogen (secondary N) is 1. The summed E-state index contributed by atoms with van der Waals surface area (Å²) in [5, 5.41) is 3.16. The number of nitrogens with zero attached hydrogens (tertiary/aromatic N) is 1. The summed E-state index contributed by atoms with van der Waals surface area (Å²) in [4.78, 5) is 17.2. The van der Waals surface area contributed by atoms with Crippen molar-refractivity contribution in [3.63, 3.8) is 0 Å². The van der Waals surface area contributed by atoms with Crippen molar-refractivity contribution in [3.8, 4) is 11.5 Å². The molecule has 2 aromatic carbocycles. The van der Waals surface area contributed by atoms with E-state index in [0.29, 0.717) is 34.4 Å². The monoisotopic (exact) mass is 399 g/mol. The number of nitrogen functional groups attached to an aromatic ring is 1. The zero-order valence-corrected chi connectivity index (χ0v) is 15.9. The Labute approximate surface area is 165 Å². The first-order valence-corrected chi connectivity index (χ1v) is 9.47. The number of rotatable bonds is 5. The molecule has 1 aliphatic heterocycles. The molecule has 1 aromatic heterocycles. The van der Waals surface area contributed by atoms with E-state index in [1.807, 2.05) is 12.1 Å². The number of halogens is 1. The van der Waals surface area contributed by atoms with Gasteiger partial charge in [0.25, 0.3) is 0 Å². The molecule has 0 spiro atoms. The van der Waals surface area contributed by atoms with Crippen LogP contribution in [0.3, 0.4) is 0 Å². The van der Waals surface area contributed by atoms with Gasteiger partial charge in [0, 0.05) is 17.9 Å². The molecule has 0 radical (unpaired) electrons. The standard InChI is InChI=1S/C20H18FN3O3S/c1-26-16-8-11(13-9-17(25)23-19-18(13)28-20(22)24-19)6-7-15(16)27-10-12-4-2-3-5-14(12)21/h2-8,13H,9-10H2,1H3,(H2,22,24)(H,23,25)/t13-/m0/s1. The molecule has 2 heterocycles. The smallest absolute Gasteiger partial charge is 0.226 e. The van der Waals surface area contributed by atoms with Crippen LogP contribution in [0.5, 0.6) is 11.5 Å². The minimum Gasteiger partial charge on any atom is -0.493 e. The van der Waals surface area contributed by atoms with Crippen LogP contribution in [0.1, 0.15) is 28.3 Å². The number of carbonyl (C=O) groups excluding carboxylic acids is 1. The van der Waals surface area contributed by atoms with Gasteiger partial charge >= 0.3 is 0 Å². The second-order valence-electron chi connectivity index (χ2n) is 6.36. The lowest BCUT2D eigenvalue weighted by atomic mass is 9.91. The SMILES string of the molecule is COc1cc([C@@H]2CC(=O)Nc3nc(N)sc32)ccc1OCc1ccccc1F. The lowest BCUT2D eigenvalue weighted by molar-refractivity contribution is -0.116. The molecule has 6 nitrogen and oxygen atoms in total. The number of benzene rings is 2. The van der Waals surface area contributed by atoms with Crippen molar-refractivity contribution in [3.05, 3.63) is 64.3 Å². The van der Waals surface area contributed by atoms with E-state index in [4.69, 9.17) is 15.2 Å². The number of hydrogen-bond donors (Lipinski definition) is 2. The average molecular weight is 399 g/mol. The van der Waals surface area contributed by atoms with Crippen LogP contribution in [-0.2, 0) is 11.4 Å². The van der Waals surface area contributed by atoms with E-state index in [-0.39, 0.29) is 24.2 Å². The second kappa shape index (κ2) is 7.47. The maximum Gasteiger partial charge on any atom is 0.226 e. The third-order valence-electron chi connectivity index (χ3n) is 4.56. The molecule has 1 aliphatic rings. The van der Waals surface area contributed by atoms with Crippen LogP contribution >= 0.6 is 11.3 Å². The van der Waals surface area contributed by atoms with Crippen LogP contribution in [-0.4, -0.2) is 18.0 Å². The van der Waals surface area contributed by atoms with Crippen molar-refractivity contribution < 1.29 is 18.7 Å². The maximum atomic E-state index is 13.8. The number of hydrogen-bond acceptors (Lipinski definition) is 6. The largest absolute Gasteiger partial charge is 0.493 e. The predicted octanol–water partition coefficient (Wildman–Crippen LogP) is 3.93. The summed E-state index contributed by atoms with van der Waals surface area (Å²) in [6.07, 6.45) is 0.299. The fraction of sp³-hybridized carbons (Fsp3) is 0.200. The molecule has 0 unspecified atom stereocenters. The molecule has 4 rings (SSSR count). The summed E-state index contributed by atoms with van der Waals surface area (Å²) in [6, 6.07) is 11.9. The number of aromatic nitrogens is 1. The topological polar surface area (TPSA) is 86.5 Å². The van der Waals surface area contributed by atoms with E-state index in [1.165, 1.54) is 17.4 Å². The summed E-state index contributed by atoms with van der Waals surface area (Å²) in [5.41, 5.74) is 7.17. The number of anilines is 2. The average Bonchev–Trinajstić information content (AvgIpc) is 3.06. The third-order valence-corrected chi connectivity index (χ3v) is 5.56. The van der Waals surface area contributed by atoms with Gasteiger partial charge in [0.15, 0.2) is 16.6 Å². The van der Waals surface area contributed by atoms with Crippen molar-refractivity contribution in [2.75, 3.05) is 18.2 Å². The first kappa shape index (κ1) is 18.2. The van der Waals surface area contributed by atoms with Crippen molar-refractivity contribution in [2.24, 2.45) is 0 Å². The predicted molar refractivity (Wildman–Crippen MR) is 105 cm³/mol. The molecule has 144 valence electrons. The first-order valence-electron chi connectivity index (χ1n) is 8.65. The molecule has 0 saturated carbocycles. The molecule has 0 aliphatic carbocycles. The van der Waals surface area contributed by atoms with Gasteiger partial charge in [0.2, 0.25) is 5.91 Å². The van der Waals surface area contributed by atoms with Crippen LogP contribution < -0.4 is 20.5 Å². The van der Waals surface area contributed by atoms with Crippen LogP contribution in [0.25, 0.3) is 0 Å². The number of amides is 1. The summed E-state index contributed by atoms with van der Waals surface area (Å²) in [6.45, 7) is 0.0870. The number of methoxy groups -OCH3 is 1. The Morgan fingerprint density at radius 2 is 2.11 bits per heavy atom. The molecule has 1 amide bonds. The van der Waals surface area contributed by atoms with Crippen molar-refractivity contribution in [1.82, 2.24) is 4.98 Å². The fourth-order valence-electron chi connectivity index (χ4n) is 3.20. The van der Waals surface area contributed by atoms with Crippen LogP contribution in [0.15, 0.2) is 42.5 Å². The molecular formula is C20H18FN3O3S. The molecule has 0 bridgehead atoms.